The van der Waals surface area contributed by atoms with E-state index >= 15 is 0 Å². The van der Waals surface area contributed by atoms with Crippen molar-refractivity contribution in [1.82, 2.24) is 4.90 Å². The zero-order valence-corrected chi connectivity index (χ0v) is 21.6. The van der Waals surface area contributed by atoms with Crippen molar-refractivity contribution in [2.75, 3.05) is 19.6 Å². The monoisotopic (exact) mass is 466 g/mol. The second kappa shape index (κ2) is 13.5. The minimum Gasteiger partial charge on any atom is -0.303 e. The van der Waals surface area contributed by atoms with Gasteiger partial charge in [-0.2, -0.15) is 5.26 Å². The molecule has 2 heteroatoms. The number of nitrogens with zero attached hydrogens (tertiary/aromatic N) is 2. The number of hydrogen-bond donors (Lipinski definition) is 0. The molecule has 1 unspecified atom stereocenters. The first kappa shape index (κ1) is 25.5. The van der Waals surface area contributed by atoms with Crippen LogP contribution in [0, 0.1) is 17.2 Å². The predicted octanol–water partition coefficient (Wildman–Crippen LogP) is 8.74. The zero-order chi connectivity index (χ0) is 24.3. The van der Waals surface area contributed by atoms with Gasteiger partial charge in [0, 0.05) is 19.0 Å². The van der Waals surface area contributed by atoms with Crippen molar-refractivity contribution in [2.24, 2.45) is 5.92 Å². The Morgan fingerprint density at radius 3 is 1.97 bits per heavy atom. The van der Waals surface area contributed by atoms with Gasteiger partial charge in [-0.05, 0) is 66.5 Å². The highest BCUT2D eigenvalue weighted by Gasteiger charge is 2.22. The lowest BCUT2D eigenvalue weighted by Crippen LogP contribution is -2.32. The summed E-state index contributed by atoms with van der Waals surface area (Å²) in [5.74, 6) is 0.245. The minimum atomic E-state index is 0.245. The maximum Gasteiger partial charge on any atom is 0.0655 e. The summed E-state index contributed by atoms with van der Waals surface area (Å²) in [4.78, 5) is 2.62. The maximum atomic E-state index is 9.59. The second-order valence-corrected chi connectivity index (χ2v) is 10.4. The van der Waals surface area contributed by atoms with Crippen molar-refractivity contribution >= 4 is 17.7 Å². The van der Waals surface area contributed by atoms with Crippen molar-refractivity contribution in [2.45, 2.75) is 77.6 Å². The summed E-state index contributed by atoms with van der Waals surface area (Å²) in [5, 5.41) is 9.59. The fourth-order valence-electron chi connectivity index (χ4n) is 5.75. The Kier molecular flexibility index (Phi) is 9.79. The lowest BCUT2D eigenvalue weighted by atomic mass is 9.86. The molecule has 0 bridgehead atoms. The van der Waals surface area contributed by atoms with Gasteiger partial charge >= 0.3 is 0 Å². The molecule has 184 valence electrons. The molecule has 1 aliphatic carbocycles. The molecule has 0 spiro atoms. The van der Waals surface area contributed by atoms with Crippen LogP contribution < -0.4 is 0 Å². The van der Waals surface area contributed by atoms with Crippen molar-refractivity contribution in [3.05, 3.63) is 76.4 Å². The standard InChI is InChI=1S/C33H42N2/c1-2-3-4-5-6-7-13-27(26-34)14-12-23-35-24-21-30(22-25-35)33-31-17-10-8-15-28(31)19-20-29-16-9-11-18-32(29)33/h8-11,15-20,27H,2-7,12-14,21-25H2,1H3. The first-order valence-electron chi connectivity index (χ1n) is 14.0. The first-order valence-corrected chi connectivity index (χ1v) is 14.0. The number of likely N-dealkylation sites (tertiary alicyclic amines) is 1. The molecule has 1 aliphatic heterocycles. The molecule has 0 N–H and O–H groups in total. The summed E-state index contributed by atoms with van der Waals surface area (Å²) in [5.41, 5.74) is 8.46. The van der Waals surface area contributed by atoms with E-state index in [4.69, 9.17) is 0 Å². The van der Waals surface area contributed by atoms with Crippen molar-refractivity contribution in [3.63, 3.8) is 0 Å². The van der Waals surface area contributed by atoms with Gasteiger partial charge in [-0.15, -0.1) is 0 Å². The highest BCUT2D eigenvalue weighted by Crippen LogP contribution is 2.38. The quantitative estimate of drug-likeness (QED) is 0.264. The van der Waals surface area contributed by atoms with Crippen LogP contribution in [0.3, 0.4) is 0 Å². The molecule has 0 amide bonds. The fourth-order valence-corrected chi connectivity index (χ4v) is 5.75. The predicted molar refractivity (Wildman–Crippen MR) is 150 cm³/mol. The summed E-state index contributed by atoms with van der Waals surface area (Å²) in [6.45, 7) is 5.65. The highest BCUT2D eigenvalue weighted by atomic mass is 15.1. The zero-order valence-electron chi connectivity index (χ0n) is 21.6. The van der Waals surface area contributed by atoms with E-state index in [-0.39, 0.29) is 5.92 Å². The summed E-state index contributed by atoms with van der Waals surface area (Å²) in [6, 6.07) is 20.3. The molecule has 0 saturated carbocycles. The van der Waals surface area contributed by atoms with Crippen LogP contribution in [0.2, 0.25) is 0 Å². The summed E-state index contributed by atoms with van der Waals surface area (Å²) in [6.07, 6.45) is 18.0. The van der Waals surface area contributed by atoms with E-state index in [1.807, 2.05) is 0 Å². The van der Waals surface area contributed by atoms with Gasteiger partial charge in [0.25, 0.3) is 0 Å². The topological polar surface area (TPSA) is 27.0 Å². The van der Waals surface area contributed by atoms with Crippen molar-refractivity contribution in [3.8, 4) is 6.07 Å². The Hall–Kier alpha value is -2.63. The molecule has 1 atom stereocenters. The molecule has 2 aliphatic rings. The van der Waals surface area contributed by atoms with Gasteiger partial charge in [0.1, 0.15) is 0 Å². The molecular weight excluding hydrogens is 424 g/mol. The summed E-state index contributed by atoms with van der Waals surface area (Å²) >= 11 is 0. The fraction of sp³-hybridized carbons (Fsp3) is 0.485. The van der Waals surface area contributed by atoms with Crippen LogP contribution in [0.5, 0.6) is 0 Å². The van der Waals surface area contributed by atoms with Crippen molar-refractivity contribution < 1.29 is 0 Å². The largest absolute Gasteiger partial charge is 0.303 e. The number of fused-ring (bicyclic) bond motifs is 2. The van der Waals surface area contributed by atoms with Crippen LogP contribution in [-0.4, -0.2) is 24.5 Å². The number of nitriles is 1. The molecule has 1 saturated heterocycles. The normalized spacial score (nSPS) is 16.3. The van der Waals surface area contributed by atoms with Crippen LogP contribution in [0.4, 0.5) is 0 Å². The number of piperidine rings is 1. The first-order chi connectivity index (χ1) is 17.3. The van der Waals surface area contributed by atoms with Gasteiger partial charge in [0.15, 0.2) is 0 Å². The molecule has 0 radical (unpaired) electrons. The number of hydrogen-bond acceptors (Lipinski definition) is 2. The Labute approximate surface area is 213 Å². The van der Waals surface area contributed by atoms with Gasteiger partial charge in [-0.3, -0.25) is 0 Å². The molecule has 35 heavy (non-hydrogen) atoms. The highest BCUT2D eigenvalue weighted by molar-refractivity contribution is 5.94. The van der Waals surface area contributed by atoms with Gasteiger partial charge < -0.3 is 4.90 Å². The van der Waals surface area contributed by atoms with Gasteiger partial charge in [-0.1, -0.05) is 112 Å². The van der Waals surface area contributed by atoms with Gasteiger partial charge in [0.2, 0.25) is 0 Å². The number of rotatable bonds is 11. The van der Waals surface area contributed by atoms with Crippen LogP contribution in [0.25, 0.3) is 17.7 Å². The lowest BCUT2D eigenvalue weighted by molar-refractivity contribution is 0.247. The van der Waals surface area contributed by atoms with E-state index in [9.17, 15) is 5.26 Å². The third-order valence-electron chi connectivity index (χ3n) is 7.83. The van der Waals surface area contributed by atoms with E-state index in [2.05, 4.69) is 78.6 Å². The van der Waals surface area contributed by atoms with E-state index in [1.165, 1.54) is 66.4 Å². The third-order valence-corrected chi connectivity index (χ3v) is 7.83. The molecule has 2 nitrogen and oxygen atoms in total. The minimum absolute atomic E-state index is 0.245. The Bertz CT molecular complexity index is 993. The molecule has 0 aromatic heterocycles. The number of unbranched alkanes of at least 4 members (excludes halogenated alkanes) is 5. The van der Waals surface area contributed by atoms with Crippen molar-refractivity contribution in [1.29, 1.82) is 5.26 Å². The van der Waals surface area contributed by atoms with Crippen LogP contribution in [-0.2, 0) is 0 Å². The van der Waals surface area contributed by atoms with E-state index in [0.29, 0.717) is 0 Å². The second-order valence-electron chi connectivity index (χ2n) is 10.4. The molecule has 4 rings (SSSR count). The average Bonchev–Trinajstić information content (AvgIpc) is 3.07. The third kappa shape index (κ3) is 6.96. The van der Waals surface area contributed by atoms with Crippen LogP contribution >= 0.6 is 0 Å². The van der Waals surface area contributed by atoms with E-state index in [1.54, 1.807) is 5.57 Å². The van der Waals surface area contributed by atoms with Gasteiger partial charge in [-0.25, -0.2) is 0 Å². The Morgan fingerprint density at radius 1 is 0.771 bits per heavy atom. The molecule has 1 fully saturated rings. The van der Waals surface area contributed by atoms with Crippen LogP contribution in [0.15, 0.2) is 54.1 Å². The SMILES string of the molecule is CCCCCCCCC(C#N)CCCN1CCC(=C2c3ccccc3C=Cc3ccccc32)CC1. The van der Waals surface area contributed by atoms with Crippen LogP contribution in [0.1, 0.15) is 99.8 Å². The van der Waals surface area contributed by atoms with E-state index in [0.717, 1.165) is 51.7 Å². The lowest BCUT2D eigenvalue weighted by Gasteiger charge is -2.30. The molecule has 2 aromatic carbocycles. The number of benzene rings is 2. The summed E-state index contributed by atoms with van der Waals surface area (Å²) in [7, 11) is 0. The molecule has 2 aromatic rings. The Morgan fingerprint density at radius 2 is 1.34 bits per heavy atom. The maximum absolute atomic E-state index is 9.59. The Balaban J connectivity index is 1.31. The molecular formula is C33H42N2. The van der Waals surface area contributed by atoms with Gasteiger partial charge in [0.05, 0.1) is 6.07 Å². The molecule has 1 heterocycles. The summed E-state index contributed by atoms with van der Waals surface area (Å²) < 4.78 is 0. The van der Waals surface area contributed by atoms with E-state index < -0.39 is 0 Å². The smallest absolute Gasteiger partial charge is 0.0655 e. The average molecular weight is 467 g/mol.